The third-order valence-electron chi connectivity index (χ3n) is 5.05. The lowest BCUT2D eigenvalue weighted by Crippen LogP contribution is -2.47. The maximum absolute atomic E-state index is 13.3. The van der Waals surface area contributed by atoms with Crippen LogP contribution >= 0.6 is 12.4 Å². The summed E-state index contributed by atoms with van der Waals surface area (Å²) >= 11 is 0. The minimum absolute atomic E-state index is 0. The molecule has 1 fully saturated rings. The summed E-state index contributed by atoms with van der Waals surface area (Å²) in [5.74, 6) is -1.02. The van der Waals surface area contributed by atoms with Gasteiger partial charge in [0.15, 0.2) is 11.4 Å². The number of aromatic nitrogens is 2. The topological polar surface area (TPSA) is 88.4 Å². The van der Waals surface area contributed by atoms with Crippen molar-refractivity contribution in [3.05, 3.63) is 41.5 Å². The SMILES string of the molecule is COCC1(CNC(=O)c2nn(-c3ccc(F)cc3C)cc2O)CCNCC1.Cl. The molecule has 28 heavy (non-hydrogen) atoms. The maximum atomic E-state index is 13.3. The highest BCUT2D eigenvalue weighted by atomic mass is 35.5. The van der Waals surface area contributed by atoms with Crippen molar-refractivity contribution in [1.82, 2.24) is 20.4 Å². The molecule has 0 unspecified atom stereocenters. The van der Waals surface area contributed by atoms with E-state index < -0.39 is 5.91 Å². The summed E-state index contributed by atoms with van der Waals surface area (Å²) in [6.45, 7) is 4.50. The van der Waals surface area contributed by atoms with Crippen molar-refractivity contribution < 1.29 is 19.0 Å². The maximum Gasteiger partial charge on any atom is 0.275 e. The zero-order valence-corrected chi connectivity index (χ0v) is 16.8. The fourth-order valence-corrected chi connectivity index (χ4v) is 3.51. The highest BCUT2D eigenvalue weighted by Gasteiger charge is 2.33. The number of carbonyl (C=O) groups is 1. The highest BCUT2D eigenvalue weighted by molar-refractivity contribution is 5.94. The number of halogens is 2. The van der Waals surface area contributed by atoms with Crippen LogP contribution in [0.15, 0.2) is 24.4 Å². The number of benzene rings is 1. The van der Waals surface area contributed by atoms with Crippen LogP contribution in [0.3, 0.4) is 0 Å². The second-order valence-electron chi connectivity index (χ2n) is 7.10. The first-order valence-electron chi connectivity index (χ1n) is 8.97. The van der Waals surface area contributed by atoms with Crippen molar-refractivity contribution >= 4 is 18.3 Å². The molecule has 3 rings (SSSR count). The van der Waals surface area contributed by atoms with E-state index in [9.17, 15) is 14.3 Å². The third-order valence-corrected chi connectivity index (χ3v) is 5.05. The Morgan fingerprint density at radius 3 is 2.79 bits per heavy atom. The summed E-state index contributed by atoms with van der Waals surface area (Å²) in [5.41, 5.74) is 1.07. The standard InChI is InChI=1S/C19H25FN4O3.ClH/c1-13-9-14(20)3-4-15(13)24-10-16(25)17(23-24)18(26)22-11-19(12-27-2)5-7-21-8-6-19;/h3-4,9-10,21,25H,5-8,11-12H2,1-2H3,(H,22,26);1H. The first-order valence-corrected chi connectivity index (χ1v) is 8.97. The van der Waals surface area contributed by atoms with Gasteiger partial charge in [-0.05, 0) is 56.6 Å². The molecule has 7 nitrogen and oxygen atoms in total. The lowest BCUT2D eigenvalue weighted by molar-refractivity contribution is 0.0510. The molecule has 1 amide bonds. The molecule has 1 aromatic carbocycles. The van der Waals surface area contributed by atoms with Gasteiger partial charge < -0.3 is 20.5 Å². The van der Waals surface area contributed by atoms with Crippen molar-refractivity contribution in [1.29, 1.82) is 0 Å². The molecule has 1 aliphatic heterocycles. The average Bonchev–Trinajstić information content (AvgIpc) is 3.02. The van der Waals surface area contributed by atoms with E-state index >= 15 is 0 Å². The number of ether oxygens (including phenoxy) is 1. The normalized spacial score (nSPS) is 15.7. The van der Waals surface area contributed by atoms with Gasteiger partial charge in [0.1, 0.15) is 5.82 Å². The van der Waals surface area contributed by atoms with Gasteiger partial charge >= 0.3 is 0 Å². The summed E-state index contributed by atoms with van der Waals surface area (Å²) in [6.07, 6.45) is 3.15. The number of carbonyl (C=O) groups excluding carboxylic acids is 1. The van der Waals surface area contributed by atoms with Crippen LogP contribution < -0.4 is 10.6 Å². The monoisotopic (exact) mass is 412 g/mol. The van der Waals surface area contributed by atoms with Crippen LogP contribution in [-0.2, 0) is 4.74 Å². The summed E-state index contributed by atoms with van der Waals surface area (Å²) < 4.78 is 20.0. The lowest BCUT2D eigenvalue weighted by Gasteiger charge is -2.37. The number of nitrogens with zero attached hydrogens (tertiary/aromatic N) is 2. The Bertz CT molecular complexity index is 816. The number of hydrogen-bond donors (Lipinski definition) is 3. The molecule has 1 saturated heterocycles. The summed E-state index contributed by atoms with van der Waals surface area (Å²) in [6, 6.07) is 4.24. The van der Waals surface area contributed by atoms with Gasteiger partial charge in [0.05, 0.1) is 18.5 Å². The van der Waals surface area contributed by atoms with Crippen LogP contribution in [0.4, 0.5) is 4.39 Å². The first-order chi connectivity index (χ1) is 12.9. The molecule has 9 heteroatoms. The Kier molecular flexibility index (Phi) is 7.40. The zero-order valence-electron chi connectivity index (χ0n) is 16.0. The molecule has 0 atom stereocenters. The lowest BCUT2D eigenvalue weighted by atomic mass is 9.79. The minimum Gasteiger partial charge on any atom is -0.504 e. The highest BCUT2D eigenvalue weighted by Crippen LogP contribution is 2.28. The summed E-state index contributed by atoms with van der Waals surface area (Å²) in [4.78, 5) is 12.6. The number of hydrogen-bond acceptors (Lipinski definition) is 5. The van der Waals surface area contributed by atoms with Crippen LogP contribution in [0, 0.1) is 18.2 Å². The summed E-state index contributed by atoms with van der Waals surface area (Å²) in [5, 5.41) is 20.5. The minimum atomic E-state index is -0.444. The van der Waals surface area contributed by atoms with Crippen molar-refractivity contribution in [2.45, 2.75) is 19.8 Å². The molecule has 0 spiro atoms. The van der Waals surface area contributed by atoms with E-state index in [1.807, 2.05) is 0 Å². The second kappa shape index (κ2) is 9.36. The van der Waals surface area contributed by atoms with Gasteiger partial charge in [0.25, 0.3) is 5.91 Å². The number of aryl methyl sites for hydroxylation is 1. The van der Waals surface area contributed by atoms with Crippen LogP contribution in [0.5, 0.6) is 5.75 Å². The van der Waals surface area contributed by atoms with Gasteiger partial charge in [0.2, 0.25) is 0 Å². The number of aromatic hydroxyl groups is 1. The molecule has 1 aromatic heterocycles. The Balaban J connectivity index is 0.00000280. The van der Waals surface area contributed by atoms with Gasteiger partial charge in [-0.25, -0.2) is 9.07 Å². The van der Waals surface area contributed by atoms with Crippen LogP contribution in [0.1, 0.15) is 28.9 Å². The number of amides is 1. The number of nitrogens with one attached hydrogen (secondary N) is 2. The van der Waals surface area contributed by atoms with E-state index in [-0.39, 0.29) is 35.1 Å². The molecule has 0 radical (unpaired) electrons. The molecular weight excluding hydrogens is 387 g/mol. The van der Waals surface area contributed by atoms with Crippen molar-refractivity contribution in [2.75, 3.05) is 33.4 Å². The van der Waals surface area contributed by atoms with E-state index in [0.717, 1.165) is 25.9 Å². The van der Waals surface area contributed by atoms with Gasteiger partial charge in [-0.1, -0.05) is 0 Å². The van der Waals surface area contributed by atoms with Crippen molar-refractivity contribution in [3.63, 3.8) is 0 Å². The van der Waals surface area contributed by atoms with Gasteiger partial charge in [0, 0.05) is 19.1 Å². The molecule has 3 N–H and O–H groups in total. The molecule has 1 aliphatic rings. The Morgan fingerprint density at radius 2 is 2.14 bits per heavy atom. The fraction of sp³-hybridized carbons (Fsp3) is 0.474. The quantitative estimate of drug-likeness (QED) is 0.677. The largest absolute Gasteiger partial charge is 0.504 e. The Hall–Kier alpha value is -2.16. The predicted octanol–water partition coefficient (Wildman–Crippen LogP) is 2.19. The number of methoxy groups -OCH3 is 1. The fourth-order valence-electron chi connectivity index (χ4n) is 3.51. The molecule has 0 aliphatic carbocycles. The van der Waals surface area contributed by atoms with Crippen LogP contribution in [-0.4, -0.2) is 54.1 Å². The number of rotatable bonds is 6. The van der Waals surface area contributed by atoms with Gasteiger partial charge in [-0.15, -0.1) is 12.4 Å². The van der Waals surface area contributed by atoms with Crippen molar-refractivity contribution in [2.24, 2.45) is 5.41 Å². The van der Waals surface area contributed by atoms with Gasteiger partial charge in [-0.2, -0.15) is 5.10 Å². The molecule has 0 bridgehead atoms. The number of piperidine rings is 1. The molecule has 2 heterocycles. The zero-order chi connectivity index (χ0) is 19.4. The van der Waals surface area contributed by atoms with Crippen LogP contribution in [0.25, 0.3) is 5.69 Å². The molecule has 0 saturated carbocycles. The van der Waals surface area contributed by atoms with E-state index in [1.165, 1.54) is 23.0 Å². The van der Waals surface area contributed by atoms with Crippen molar-refractivity contribution in [3.8, 4) is 11.4 Å². The smallest absolute Gasteiger partial charge is 0.275 e. The van der Waals surface area contributed by atoms with E-state index in [1.54, 1.807) is 20.1 Å². The van der Waals surface area contributed by atoms with Gasteiger partial charge in [-0.3, -0.25) is 4.79 Å². The predicted molar refractivity (Wildman–Crippen MR) is 106 cm³/mol. The first kappa shape index (κ1) is 22.1. The molecule has 154 valence electrons. The van der Waals surface area contributed by atoms with Crippen LogP contribution in [0.2, 0.25) is 0 Å². The Morgan fingerprint density at radius 1 is 1.43 bits per heavy atom. The molecular formula is C19H26ClFN4O3. The third kappa shape index (κ3) is 4.81. The van der Waals surface area contributed by atoms with E-state index in [0.29, 0.717) is 24.4 Å². The Labute approximate surface area is 169 Å². The summed E-state index contributed by atoms with van der Waals surface area (Å²) in [7, 11) is 1.66. The second-order valence-corrected chi connectivity index (χ2v) is 7.10. The molecule has 2 aromatic rings. The van der Waals surface area contributed by atoms with E-state index in [2.05, 4.69) is 15.7 Å². The van der Waals surface area contributed by atoms with E-state index in [4.69, 9.17) is 4.74 Å². The average molecular weight is 413 g/mol.